The van der Waals surface area contributed by atoms with Crippen LogP contribution >= 0.6 is 0 Å². The topological polar surface area (TPSA) is 38.3 Å². The standard InChI is InChI=1S/C15H27NO2/c1-7-13(11-12(2)3)9-8-10-16-14(17)18-15(4,5)6/h11H,2,7-10H2,1,3-6H3,(H,16,17)/b13-11+. The maximum Gasteiger partial charge on any atom is 0.407 e. The summed E-state index contributed by atoms with van der Waals surface area (Å²) in [5, 5.41) is 2.76. The summed E-state index contributed by atoms with van der Waals surface area (Å²) in [6, 6.07) is 0. The highest BCUT2D eigenvalue weighted by atomic mass is 16.6. The summed E-state index contributed by atoms with van der Waals surface area (Å²) >= 11 is 0. The van der Waals surface area contributed by atoms with Gasteiger partial charge in [-0.05, 0) is 47.0 Å². The summed E-state index contributed by atoms with van der Waals surface area (Å²) in [4.78, 5) is 11.4. The SMILES string of the molecule is C=C(C)/C=C(\CC)CCCNC(=O)OC(C)(C)C. The van der Waals surface area contributed by atoms with Crippen LogP contribution in [0.4, 0.5) is 4.79 Å². The molecular weight excluding hydrogens is 226 g/mol. The fraction of sp³-hybridized carbons (Fsp3) is 0.667. The van der Waals surface area contributed by atoms with Gasteiger partial charge >= 0.3 is 6.09 Å². The van der Waals surface area contributed by atoms with E-state index in [4.69, 9.17) is 4.74 Å². The van der Waals surface area contributed by atoms with Crippen LogP contribution in [0.2, 0.25) is 0 Å². The fourth-order valence-corrected chi connectivity index (χ4v) is 1.52. The Kier molecular flexibility index (Phi) is 7.41. The van der Waals surface area contributed by atoms with E-state index in [1.807, 2.05) is 27.7 Å². The van der Waals surface area contributed by atoms with E-state index in [9.17, 15) is 4.79 Å². The summed E-state index contributed by atoms with van der Waals surface area (Å²) in [5.74, 6) is 0. The Morgan fingerprint density at radius 3 is 2.44 bits per heavy atom. The number of rotatable bonds is 6. The van der Waals surface area contributed by atoms with Crippen LogP contribution in [0.1, 0.15) is 53.9 Å². The number of carbonyl (C=O) groups is 1. The van der Waals surface area contributed by atoms with Gasteiger partial charge in [-0.2, -0.15) is 0 Å². The van der Waals surface area contributed by atoms with Crippen LogP contribution in [0.25, 0.3) is 0 Å². The molecule has 1 amide bonds. The van der Waals surface area contributed by atoms with Gasteiger partial charge < -0.3 is 10.1 Å². The smallest absolute Gasteiger partial charge is 0.407 e. The molecular formula is C15H27NO2. The number of allylic oxidation sites excluding steroid dienone is 3. The molecule has 0 saturated carbocycles. The van der Waals surface area contributed by atoms with Crippen LogP contribution in [0.15, 0.2) is 23.8 Å². The lowest BCUT2D eigenvalue weighted by atomic mass is 10.1. The van der Waals surface area contributed by atoms with Crippen molar-refractivity contribution in [2.45, 2.75) is 59.5 Å². The number of alkyl carbamates (subject to hydrolysis) is 1. The molecule has 0 saturated heterocycles. The monoisotopic (exact) mass is 253 g/mol. The highest BCUT2D eigenvalue weighted by Gasteiger charge is 2.15. The van der Waals surface area contributed by atoms with E-state index < -0.39 is 5.60 Å². The molecule has 3 nitrogen and oxygen atoms in total. The minimum atomic E-state index is -0.432. The number of hydrogen-bond acceptors (Lipinski definition) is 2. The van der Waals surface area contributed by atoms with Gasteiger partial charge in [-0.1, -0.05) is 30.7 Å². The van der Waals surface area contributed by atoms with Crippen molar-refractivity contribution in [3.8, 4) is 0 Å². The van der Waals surface area contributed by atoms with E-state index in [-0.39, 0.29) is 6.09 Å². The third kappa shape index (κ3) is 9.94. The van der Waals surface area contributed by atoms with E-state index in [2.05, 4.69) is 24.9 Å². The summed E-state index contributed by atoms with van der Waals surface area (Å²) in [7, 11) is 0. The molecule has 0 aromatic carbocycles. The molecule has 0 unspecified atom stereocenters. The van der Waals surface area contributed by atoms with Crippen molar-refractivity contribution in [2.75, 3.05) is 6.54 Å². The van der Waals surface area contributed by atoms with Gasteiger partial charge in [0, 0.05) is 6.54 Å². The van der Waals surface area contributed by atoms with E-state index in [1.54, 1.807) is 0 Å². The Balaban J connectivity index is 3.86. The zero-order valence-electron chi connectivity index (χ0n) is 12.4. The lowest BCUT2D eigenvalue weighted by Crippen LogP contribution is -2.33. The first-order valence-corrected chi connectivity index (χ1v) is 6.56. The molecule has 0 radical (unpaired) electrons. The van der Waals surface area contributed by atoms with Gasteiger partial charge in [0.2, 0.25) is 0 Å². The zero-order valence-corrected chi connectivity index (χ0v) is 12.4. The summed E-state index contributed by atoms with van der Waals surface area (Å²) in [5.41, 5.74) is 2.01. The van der Waals surface area contributed by atoms with Crippen molar-refractivity contribution >= 4 is 6.09 Å². The first kappa shape index (κ1) is 16.8. The molecule has 0 atom stereocenters. The lowest BCUT2D eigenvalue weighted by Gasteiger charge is -2.19. The van der Waals surface area contributed by atoms with Gasteiger partial charge in [0.15, 0.2) is 0 Å². The average molecular weight is 253 g/mol. The van der Waals surface area contributed by atoms with E-state index in [1.165, 1.54) is 5.57 Å². The highest BCUT2D eigenvalue weighted by Crippen LogP contribution is 2.11. The molecule has 0 spiro atoms. The van der Waals surface area contributed by atoms with Crippen molar-refractivity contribution in [3.05, 3.63) is 23.8 Å². The molecule has 0 aliphatic heterocycles. The predicted molar refractivity (Wildman–Crippen MR) is 76.7 cm³/mol. The van der Waals surface area contributed by atoms with Crippen molar-refractivity contribution in [3.63, 3.8) is 0 Å². The molecule has 0 aliphatic rings. The molecule has 0 bridgehead atoms. The summed E-state index contributed by atoms with van der Waals surface area (Å²) in [6.07, 6.45) is 4.71. The quantitative estimate of drug-likeness (QED) is 0.569. The van der Waals surface area contributed by atoms with Crippen LogP contribution in [0.3, 0.4) is 0 Å². The average Bonchev–Trinajstić information content (AvgIpc) is 2.19. The number of nitrogens with one attached hydrogen (secondary N) is 1. The molecule has 0 aromatic rings. The highest BCUT2D eigenvalue weighted by molar-refractivity contribution is 5.67. The predicted octanol–water partition coefficient (Wildman–Crippen LogP) is 4.20. The second-order valence-corrected chi connectivity index (χ2v) is 5.53. The molecule has 104 valence electrons. The molecule has 0 rings (SSSR count). The van der Waals surface area contributed by atoms with Gasteiger partial charge in [0.1, 0.15) is 5.60 Å². The number of carbonyl (C=O) groups excluding carboxylic acids is 1. The van der Waals surface area contributed by atoms with Crippen LogP contribution in [-0.2, 0) is 4.74 Å². The van der Waals surface area contributed by atoms with Crippen molar-refractivity contribution < 1.29 is 9.53 Å². The molecule has 0 heterocycles. The van der Waals surface area contributed by atoms with Crippen molar-refractivity contribution in [1.29, 1.82) is 0 Å². The van der Waals surface area contributed by atoms with Crippen molar-refractivity contribution in [1.82, 2.24) is 5.32 Å². The van der Waals surface area contributed by atoms with Gasteiger partial charge in [-0.25, -0.2) is 4.79 Å². The number of amides is 1. The van der Waals surface area contributed by atoms with Crippen LogP contribution in [-0.4, -0.2) is 18.2 Å². The maximum atomic E-state index is 11.4. The Bertz CT molecular complexity index is 311. The number of ether oxygens (including phenoxy) is 1. The minimum Gasteiger partial charge on any atom is -0.444 e. The van der Waals surface area contributed by atoms with Gasteiger partial charge in [0.05, 0.1) is 0 Å². The van der Waals surface area contributed by atoms with Crippen LogP contribution in [0, 0.1) is 0 Å². The van der Waals surface area contributed by atoms with Crippen LogP contribution in [0.5, 0.6) is 0 Å². The van der Waals surface area contributed by atoms with Gasteiger partial charge in [0.25, 0.3) is 0 Å². The summed E-state index contributed by atoms with van der Waals surface area (Å²) in [6.45, 7) is 14.2. The minimum absolute atomic E-state index is 0.343. The first-order chi connectivity index (χ1) is 8.24. The van der Waals surface area contributed by atoms with E-state index in [0.717, 1.165) is 24.8 Å². The van der Waals surface area contributed by atoms with Gasteiger partial charge in [-0.3, -0.25) is 0 Å². The molecule has 3 heteroatoms. The Morgan fingerprint density at radius 1 is 1.39 bits per heavy atom. The normalized spacial score (nSPS) is 12.2. The van der Waals surface area contributed by atoms with E-state index in [0.29, 0.717) is 6.54 Å². The third-order valence-corrected chi connectivity index (χ3v) is 2.25. The van der Waals surface area contributed by atoms with Crippen molar-refractivity contribution in [2.24, 2.45) is 0 Å². The van der Waals surface area contributed by atoms with Crippen LogP contribution < -0.4 is 5.32 Å². The van der Waals surface area contributed by atoms with E-state index >= 15 is 0 Å². The molecule has 0 aromatic heterocycles. The lowest BCUT2D eigenvalue weighted by molar-refractivity contribution is 0.0527. The number of hydrogen-bond donors (Lipinski definition) is 1. The molecule has 18 heavy (non-hydrogen) atoms. The third-order valence-electron chi connectivity index (χ3n) is 2.25. The molecule has 0 aliphatic carbocycles. The Labute approximate surface area is 111 Å². The molecule has 1 N–H and O–H groups in total. The molecule has 0 fully saturated rings. The second kappa shape index (κ2) is 7.96. The zero-order chi connectivity index (χ0) is 14.2. The fourth-order valence-electron chi connectivity index (χ4n) is 1.52. The Morgan fingerprint density at radius 2 is 2.00 bits per heavy atom. The Hall–Kier alpha value is -1.25. The second-order valence-electron chi connectivity index (χ2n) is 5.53. The largest absolute Gasteiger partial charge is 0.444 e. The maximum absolute atomic E-state index is 11.4. The summed E-state index contributed by atoms with van der Waals surface area (Å²) < 4.78 is 5.16. The van der Waals surface area contributed by atoms with Gasteiger partial charge in [-0.15, -0.1) is 0 Å². The first-order valence-electron chi connectivity index (χ1n) is 6.56.